The zero-order valence-electron chi connectivity index (χ0n) is 14.2. The van der Waals surface area contributed by atoms with Crippen LogP contribution >= 0.6 is 0 Å². The van der Waals surface area contributed by atoms with E-state index < -0.39 is 0 Å². The fraction of sp³-hybridized carbons (Fsp3) is 0.882. The van der Waals surface area contributed by atoms with Crippen LogP contribution < -0.4 is 5.32 Å². The van der Waals surface area contributed by atoms with Gasteiger partial charge in [-0.05, 0) is 50.9 Å². The average molecular weight is 282 g/mol. The van der Waals surface area contributed by atoms with Crippen molar-refractivity contribution in [1.82, 2.24) is 10.2 Å². The summed E-state index contributed by atoms with van der Waals surface area (Å²) in [5, 5.41) is 3.75. The van der Waals surface area contributed by atoms with Crippen LogP contribution in [0.5, 0.6) is 0 Å². The summed E-state index contributed by atoms with van der Waals surface area (Å²) in [6.07, 6.45) is 6.68. The third kappa shape index (κ3) is 3.56. The zero-order valence-corrected chi connectivity index (χ0v) is 14.2. The lowest BCUT2D eigenvalue weighted by molar-refractivity contribution is 0.0569. The summed E-state index contributed by atoms with van der Waals surface area (Å²) in [5.74, 6) is 0. The Morgan fingerprint density at radius 1 is 1.20 bits per heavy atom. The fourth-order valence-corrected chi connectivity index (χ4v) is 3.81. The van der Waals surface area contributed by atoms with Crippen molar-refractivity contribution in [1.29, 1.82) is 0 Å². The smallest absolute Gasteiger partial charge is 0.0876 e. The predicted octanol–water partition coefficient (Wildman–Crippen LogP) is 3.56. The van der Waals surface area contributed by atoms with Crippen LogP contribution in [0.15, 0.2) is 11.8 Å². The Hall–Kier alpha value is -0.540. The van der Waals surface area contributed by atoms with Gasteiger partial charge in [-0.25, -0.2) is 0 Å². The van der Waals surface area contributed by atoms with E-state index in [1.165, 1.54) is 24.8 Å². The van der Waals surface area contributed by atoms with Gasteiger partial charge in [0.2, 0.25) is 0 Å². The van der Waals surface area contributed by atoms with E-state index in [0.717, 1.165) is 32.7 Å². The fourth-order valence-electron chi connectivity index (χ4n) is 3.81. The lowest BCUT2D eigenvalue weighted by Gasteiger charge is -2.49. The summed E-state index contributed by atoms with van der Waals surface area (Å²) in [5.41, 5.74) is 1.65. The van der Waals surface area contributed by atoms with Crippen LogP contribution in [-0.4, -0.2) is 42.7 Å². The van der Waals surface area contributed by atoms with Crippen molar-refractivity contribution in [2.24, 2.45) is 0 Å². The van der Waals surface area contributed by atoms with Gasteiger partial charge in [0.15, 0.2) is 0 Å². The van der Waals surface area contributed by atoms with Crippen LogP contribution in [0, 0.1) is 0 Å². The minimum Gasteiger partial charge on any atom is -0.501 e. The predicted molar refractivity (Wildman–Crippen MR) is 87.0 cm³/mol. The van der Waals surface area contributed by atoms with E-state index in [4.69, 9.17) is 4.74 Å². The van der Waals surface area contributed by atoms with Gasteiger partial charge in [0.05, 0.1) is 12.9 Å². The molecule has 1 aliphatic rings. The Labute approximate surface area is 125 Å². The van der Waals surface area contributed by atoms with Gasteiger partial charge < -0.3 is 10.1 Å². The van der Waals surface area contributed by atoms with E-state index in [9.17, 15) is 0 Å². The SMILES string of the molecule is CCNC(C1=COCCC1)C(CC)(CC)N(CC)CC. The van der Waals surface area contributed by atoms with Crippen LogP contribution in [-0.2, 0) is 4.74 Å². The number of nitrogens with one attached hydrogen (secondary N) is 1. The molecule has 1 rings (SSSR count). The molecule has 0 amide bonds. The molecule has 3 heteroatoms. The molecule has 0 aliphatic carbocycles. The second-order valence-electron chi connectivity index (χ2n) is 5.64. The molecule has 118 valence electrons. The van der Waals surface area contributed by atoms with E-state index in [1.807, 2.05) is 6.26 Å². The molecule has 1 heterocycles. The molecule has 1 atom stereocenters. The molecule has 1 aliphatic heterocycles. The monoisotopic (exact) mass is 282 g/mol. The highest BCUT2D eigenvalue weighted by Gasteiger charge is 2.41. The first-order valence-electron chi connectivity index (χ1n) is 8.48. The van der Waals surface area contributed by atoms with Gasteiger partial charge in [0.1, 0.15) is 0 Å². The highest BCUT2D eigenvalue weighted by Crippen LogP contribution is 2.34. The van der Waals surface area contributed by atoms with Crippen molar-refractivity contribution >= 4 is 0 Å². The van der Waals surface area contributed by atoms with Gasteiger partial charge in [-0.3, -0.25) is 4.90 Å². The average Bonchev–Trinajstić information content (AvgIpc) is 2.52. The molecule has 0 bridgehead atoms. The largest absolute Gasteiger partial charge is 0.501 e. The molecule has 20 heavy (non-hydrogen) atoms. The highest BCUT2D eigenvalue weighted by molar-refractivity contribution is 5.19. The maximum atomic E-state index is 5.62. The Kier molecular flexibility index (Phi) is 7.60. The Morgan fingerprint density at radius 3 is 2.25 bits per heavy atom. The molecule has 0 saturated carbocycles. The number of hydrogen-bond donors (Lipinski definition) is 1. The maximum absolute atomic E-state index is 5.62. The van der Waals surface area contributed by atoms with Crippen LogP contribution in [0.4, 0.5) is 0 Å². The molecule has 0 spiro atoms. The van der Waals surface area contributed by atoms with Crippen LogP contribution in [0.3, 0.4) is 0 Å². The summed E-state index contributed by atoms with van der Waals surface area (Å²) in [6, 6.07) is 0.405. The van der Waals surface area contributed by atoms with Gasteiger partial charge in [-0.1, -0.05) is 34.6 Å². The van der Waals surface area contributed by atoms with E-state index in [2.05, 4.69) is 44.8 Å². The number of nitrogens with zero attached hydrogens (tertiary/aromatic N) is 1. The van der Waals surface area contributed by atoms with E-state index in [1.54, 1.807) is 0 Å². The number of ether oxygens (including phenoxy) is 1. The topological polar surface area (TPSA) is 24.5 Å². The molecule has 3 nitrogen and oxygen atoms in total. The first-order valence-corrected chi connectivity index (χ1v) is 8.48. The third-order valence-electron chi connectivity index (χ3n) is 4.90. The van der Waals surface area contributed by atoms with Crippen molar-refractivity contribution in [2.45, 2.75) is 71.9 Å². The molecule has 1 N–H and O–H groups in total. The van der Waals surface area contributed by atoms with Gasteiger partial charge in [-0.15, -0.1) is 0 Å². The van der Waals surface area contributed by atoms with E-state index in [-0.39, 0.29) is 5.54 Å². The molecule has 0 aromatic carbocycles. The third-order valence-corrected chi connectivity index (χ3v) is 4.90. The molecule has 0 radical (unpaired) electrons. The van der Waals surface area contributed by atoms with E-state index in [0.29, 0.717) is 6.04 Å². The second-order valence-corrected chi connectivity index (χ2v) is 5.64. The zero-order chi connectivity index (χ0) is 15.0. The first-order chi connectivity index (χ1) is 9.69. The molecule has 0 fully saturated rings. The molecule has 0 aromatic heterocycles. The Morgan fingerprint density at radius 2 is 1.85 bits per heavy atom. The van der Waals surface area contributed by atoms with Crippen molar-refractivity contribution in [3.8, 4) is 0 Å². The number of likely N-dealkylation sites (N-methyl/N-ethyl adjacent to an activating group) is 2. The molecule has 0 saturated heterocycles. The number of rotatable bonds is 9. The minimum absolute atomic E-state index is 0.200. The second kappa shape index (κ2) is 8.68. The highest BCUT2D eigenvalue weighted by atomic mass is 16.5. The van der Waals surface area contributed by atoms with Gasteiger partial charge >= 0.3 is 0 Å². The Balaban J connectivity index is 3.12. The minimum atomic E-state index is 0.200. The summed E-state index contributed by atoms with van der Waals surface area (Å²) < 4.78 is 5.62. The summed E-state index contributed by atoms with van der Waals surface area (Å²) in [7, 11) is 0. The van der Waals surface area contributed by atoms with Crippen LogP contribution in [0.1, 0.15) is 60.3 Å². The molecule has 1 unspecified atom stereocenters. The first kappa shape index (κ1) is 17.5. The molecular formula is C17H34N2O. The van der Waals surface area contributed by atoms with Gasteiger partial charge in [0.25, 0.3) is 0 Å². The molecule has 0 aromatic rings. The summed E-state index contributed by atoms with van der Waals surface area (Å²) in [4.78, 5) is 2.63. The summed E-state index contributed by atoms with van der Waals surface area (Å²) >= 11 is 0. The van der Waals surface area contributed by atoms with Crippen LogP contribution in [0.25, 0.3) is 0 Å². The lowest BCUT2D eigenvalue weighted by Crippen LogP contribution is -2.61. The van der Waals surface area contributed by atoms with Gasteiger partial charge in [0, 0.05) is 11.6 Å². The Bertz CT molecular complexity index is 293. The molecular weight excluding hydrogens is 248 g/mol. The van der Waals surface area contributed by atoms with E-state index >= 15 is 0 Å². The number of hydrogen-bond acceptors (Lipinski definition) is 3. The summed E-state index contributed by atoms with van der Waals surface area (Å²) in [6.45, 7) is 15.5. The van der Waals surface area contributed by atoms with Crippen molar-refractivity contribution < 1.29 is 4.74 Å². The van der Waals surface area contributed by atoms with Gasteiger partial charge in [-0.2, -0.15) is 0 Å². The lowest BCUT2D eigenvalue weighted by atomic mass is 9.77. The quantitative estimate of drug-likeness (QED) is 0.700. The van der Waals surface area contributed by atoms with Crippen molar-refractivity contribution in [3.05, 3.63) is 11.8 Å². The maximum Gasteiger partial charge on any atom is 0.0876 e. The standard InChI is InChI=1S/C17H34N2O/c1-6-17(7-2,19(9-4)10-5)16(18-8-3)15-12-11-13-20-14-15/h14,16,18H,6-13H2,1-5H3. The van der Waals surface area contributed by atoms with Crippen molar-refractivity contribution in [3.63, 3.8) is 0 Å². The normalized spacial score (nSPS) is 17.8. The van der Waals surface area contributed by atoms with Crippen molar-refractivity contribution in [2.75, 3.05) is 26.2 Å². The van der Waals surface area contributed by atoms with Crippen LogP contribution in [0.2, 0.25) is 0 Å².